The Balaban J connectivity index is 0.789. The molecule has 67 heavy (non-hydrogen) atoms. The molecule has 0 spiro atoms. The maximum absolute atomic E-state index is 15.3. The van der Waals surface area contributed by atoms with Crippen LogP contribution in [0.4, 0.5) is 0 Å². The predicted molar refractivity (Wildman–Crippen MR) is 258 cm³/mol. The lowest BCUT2D eigenvalue weighted by Gasteiger charge is -2.73. The number of fused-ring (bicyclic) bond motifs is 7. The van der Waals surface area contributed by atoms with Crippen molar-refractivity contribution in [2.24, 2.45) is 85.8 Å². The number of carbonyl (C=O) groups excluding carboxylic acids is 4. The van der Waals surface area contributed by atoms with Crippen LogP contribution in [-0.4, -0.2) is 92.1 Å². The molecular weight excluding hydrogens is 839 g/mol. The lowest BCUT2D eigenvalue weighted by atomic mass is 9.32. The molecule has 10 nitrogen and oxygen atoms in total. The van der Waals surface area contributed by atoms with Crippen LogP contribution >= 0.6 is 0 Å². The van der Waals surface area contributed by atoms with Gasteiger partial charge in [-0.05, 0) is 159 Å². The molecule has 7 aliphatic carbocycles. The lowest BCUT2D eigenvalue weighted by molar-refractivity contribution is -0.252. The van der Waals surface area contributed by atoms with E-state index in [4.69, 9.17) is 14.2 Å². The van der Waals surface area contributed by atoms with Crippen LogP contribution in [0.5, 0.6) is 0 Å². The number of hydrogen-bond donors (Lipinski definition) is 1. The summed E-state index contributed by atoms with van der Waals surface area (Å²) in [6.45, 7) is 23.5. The van der Waals surface area contributed by atoms with E-state index in [0.29, 0.717) is 61.6 Å². The van der Waals surface area contributed by atoms with E-state index in [1.807, 2.05) is 44.2 Å². The monoisotopic (exact) mass is 924 g/mol. The highest BCUT2D eigenvalue weighted by Crippen LogP contribution is 2.78. The Hall–Kier alpha value is -2.98. The Morgan fingerprint density at radius 3 is 2.12 bits per heavy atom. The number of amides is 2. The number of hydrogen-bond acceptors (Lipinski definition) is 8. The molecule has 0 bridgehead atoms. The van der Waals surface area contributed by atoms with Crippen LogP contribution in [0.1, 0.15) is 150 Å². The van der Waals surface area contributed by atoms with Crippen molar-refractivity contribution in [1.29, 1.82) is 0 Å². The van der Waals surface area contributed by atoms with E-state index in [1.165, 1.54) is 38.5 Å². The number of benzene rings is 1. The van der Waals surface area contributed by atoms with Gasteiger partial charge >= 0.3 is 11.9 Å². The topological polar surface area (TPSA) is 114 Å². The minimum Gasteiger partial charge on any atom is -0.462 e. The van der Waals surface area contributed by atoms with Crippen LogP contribution in [0.25, 0.3) is 0 Å². The highest BCUT2D eigenvalue weighted by Gasteiger charge is 2.73. The number of rotatable bonds is 11. The first-order chi connectivity index (χ1) is 31.9. The van der Waals surface area contributed by atoms with Gasteiger partial charge in [0.25, 0.3) is 0 Å². The van der Waals surface area contributed by atoms with Gasteiger partial charge in [-0.15, -0.1) is 0 Å². The number of piperidine rings is 1. The SMILES string of the molecule is CC1(C)[C@@H](C(=O)O[C@H]2CC[C@]3(C)[C@H]4CC[C@@H]5[C@H]6[C@H](C7CC7)CC[C@]6(C(=O)N6CCC(C(=O)NCCN7CCOCC7)CC6)CC[C@@]5(C)[C@]4(C)CC[C@H]3C2(C)C)C[C@H]1C(=O)OCc1ccccc1. The van der Waals surface area contributed by atoms with Gasteiger partial charge in [0.1, 0.15) is 12.7 Å². The normalized spacial score (nSPS) is 41.3. The van der Waals surface area contributed by atoms with Gasteiger partial charge in [0.2, 0.25) is 11.8 Å². The Morgan fingerprint density at radius 2 is 1.42 bits per heavy atom. The van der Waals surface area contributed by atoms with E-state index >= 15 is 4.79 Å². The Labute approximate surface area is 402 Å². The lowest BCUT2D eigenvalue weighted by Crippen LogP contribution is -2.67. The third-order valence-corrected chi connectivity index (χ3v) is 22.4. The summed E-state index contributed by atoms with van der Waals surface area (Å²) >= 11 is 0. The van der Waals surface area contributed by atoms with Gasteiger partial charge in [0, 0.05) is 50.6 Å². The molecular formula is C57H85N3O7. The molecule has 1 aromatic rings. The molecule has 0 aromatic heterocycles. The number of ether oxygens (including phenoxy) is 3. The third kappa shape index (κ3) is 7.93. The zero-order valence-electron chi connectivity index (χ0n) is 42.4. The maximum Gasteiger partial charge on any atom is 0.309 e. The van der Waals surface area contributed by atoms with Crippen LogP contribution in [0, 0.1) is 85.8 Å². The van der Waals surface area contributed by atoms with Gasteiger partial charge in [0.05, 0.1) is 30.5 Å². The first-order valence-electron chi connectivity index (χ1n) is 27.2. The Morgan fingerprint density at radius 1 is 0.701 bits per heavy atom. The van der Waals surface area contributed by atoms with Crippen molar-refractivity contribution >= 4 is 23.8 Å². The van der Waals surface area contributed by atoms with E-state index in [1.54, 1.807) is 0 Å². The Bertz CT molecular complexity index is 2020. The number of carbonyl (C=O) groups is 4. The van der Waals surface area contributed by atoms with Crippen molar-refractivity contribution in [3.05, 3.63) is 35.9 Å². The van der Waals surface area contributed by atoms with Crippen LogP contribution in [-0.2, 0) is 40.0 Å². The van der Waals surface area contributed by atoms with E-state index in [-0.39, 0.29) is 75.4 Å². The quantitative estimate of drug-likeness (QED) is 0.219. The summed E-state index contributed by atoms with van der Waals surface area (Å²) < 4.78 is 17.9. The number of morpholine rings is 1. The van der Waals surface area contributed by atoms with Gasteiger partial charge in [-0.25, -0.2) is 0 Å². The molecule has 10 rings (SSSR count). The molecule has 0 radical (unpaired) electrons. The highest BCUT2D eigenvalue weighted by molar-refractivity contribution is 5.85. The second-order valence-corrected chi connectivity index (χ2v) is 25.7. The molecule has 1 N–H and O–H groups in total. The predicted octanol–water partition coefficient (Wildman–Crippen LogP) is 9.48. The molecule has 2 saturated heterocycles. The van der Waals surface area contributed by atoms with Gasteiger partial charge < -0.3 is 24.4 Å². The van der Waals surface area contributed by atoms with Gasteiger partial charge in [-0.2, -0.15) is 0 Å². The first-order valence-corrected chi connectivity index (χ1v) is 27.2. The molecule has 10 heteroatoms. The van der Waals surface area contributed by atoms with Gasteiger partial charge in [0.15, 0.2) is 0 Å². The number of likely N-dealkylation sites (tertiary alicyclic amines) is 1. The maximum atomic E-state index is 15.3. The molecule has 1 aromatic carbocycles. The smallest absolute Gasteiger partial charge is 0.309 e. The molecule has 0 unspecified atom stereocenters. The fourth-order valence-corrected chi connectivity index (χ4v) is 18.0. The minimum atomic E-state index is -0.517. The van der Waals surface area contributed by atoms with Crippen LogP contribution in [0.3, 0.4) is 0 Å². The molecule has 2 aliphatic heterocycles. The van der Waals surface area contributed by atoms with Crippen molar-refractivity contribution in [1.82, 2.24) is 15.1 Å². The van der Waals surface area contributed by atoms with Crippen LogP contribution < -0.4 is 5.32 Å². The summed E-state index contributed by atoms with van der Waals surface area (Å²) in [5.41, 5.74) is 0.521. The average molecular weight is 924 g/mol. The van der Waals surface area contributed by atoms with Crippen molar-refractivity contribution in [2.45, 2.75) is 157 Å². The summed E-state index contributed by atoms with van der Waals surface area (Å²) in [4.78, 5) is 60.5. The van der Waals surface area contributed by atoms with Crippen LogP contribution in [0.15, 0.2) is 30.3 Å². The zero-order valence-corrected chi connectivity index (χ0v) is 42.4. The molecule has 2 amide bonds. The van der Waals surface area contributed by atoms with E-state index in [9.17, 15) is 14.4 Å². The summed E-state index contributed by atoms with van der Waals surface area (Å²) in [7, 11) is 0. The highest BCUT2D eigenvalue weighted by atomic mass is 16.5. The van der Waals surface area contributed by atoms with E-state index in [2.05, 4.69) is 49.7 Å². The van der Waals surface area contributed by atoms with Crippen molar-refractivity contribution in [3.8, 4) is 0 Å². The van der Waals surface area contributed by atoms with Crippen molar-refractivity contribution in [3.63, 3.8) is 0 Å². The number of nitrogens with one attached hydrogen (secondary N) is 1. The second-order valence-electron chi connectivity index (χ2n) is 25.7. The molecule has 9 fully saturated rings. The summed E-state index contributed by atoms with van der Waals surface area (Å²) in [5, 5.41) is 3.23. The summed E-state index contributed by atoms with van der Waals surface area (Å²) in [6.07, 6.45) is 15.7. The van der Waals surface area contributed by atoms with Crippen molar-refractivity contribution in [2.75, 3.05) is 52.5 Å². The molecule has 2 heterocycles. The molecule has 12 atom stereocenters. The molecule has 9 aliphatic rings. The molecule has 7 saturated carbocycles. The number of esters is 2. The van der Waals surface area contributed by atoms with E-state index < -0.39 is 5.41 Å². The molecule has 370 valence electrons. The third-order valence-electron chi connectivity index (χ3n) is 22.4. The fourth-order valence-electron chi connectivity index (χ4n) is 18.0. The average Bonchev–Trinajstić information content (AvgIpc) is 4.08. The van der Waals surface area contributed by atoms with E-state index in [0.717, 1.165) is 95.7 Å². The van der Waals surface area contributed by atoms with Crippen molar-refractivity contribution < 1.29 is 33.4 Å². The largest absolute Gasteiger partial charge is 0.462 e. The van der Waals surface area contributed by atoms with Gasteiger partial charge in [-0.1, -0.05) is 78.8 Å². The standard InChI is InChI=1S/C57H85N3O7/c1-52(2)42(49(62)66-36-37-11-9-8-10-12-37)35-43(52)50(63)67-46-19-22-54(5)44(53(46,3)4)18-23-56(7)45(54)16-15-41-47-40(38-13-14-38)17-24-57(47,26-25-55(41,56)6)51(64)60-28-20-39(21-29-60)48(61)58-27-30-59-31-33-65-34-32-59/h8-12,38-47H,13-36H2,1-7H3,(H,58,61)/t40-,41+,42-,43+,44-,45+,46-,47+,54-,55+,56+,57-/m0/s1. The fraction of sp³-hybridized carbons (Fsp3) is 0.825. The second kappa shape index (κ2) is 17.7. The van der Waals surface area contributed by atoms with Gasteiger partial charge in [-0.3, -0.25) is 24.1 Å². The first kappa shape index (κ1) is 47.7. The summed E-state index contributed by atoms with van der Waals surface area (Å²) in [5.74, 6) is 3.11. The Kier molecular flexibility index (Phi) is 12.6. The van der Waals surface area contributed by atoms with Crippen LogP contribution in [0.2, 0.25) is 0 Å². The summed E-state index contributed by atoms with van der Waals surface area (Å²) in [6, 6.07) is 9.77. The zero-order chi connectivity index (χ0) is 47.1. The number of nitrogens with zero attached hydrogens (tertiary/aromatic N) is 2. The minimum absolute atomic E-state index is 0.0102.